The van der Waals surface area contributed by atoms with Gasteiger partial charge in [-0.3, -0.25) is 5.32 Å². The Morgan fingerprint density at radius 3 is 2.73 bits per heavy atom. The highest BCUT2D eigenvalue weighted by molar-refractivity contribution is 7.39. The summed E-state index contributed by atoms with van der Waals surface area (Å²) in [4.78, 5) is 0. The lowest BCUT2D eigenvalue weighted by molar-refractivity contribution is 0.348. The van der Waals surface area contributed by atoms with Crippen LogP contribution in [-0.2, 0) is 9.09 Å². The van der Waals surface area contributed by atoms with Crippen LogP contribution < -0.4 is 5.32 Å². The van der Waals surface area contributed by atoms with Crippen molar-refractivity contribution in [3.63, 3.8) is 0 Å². The zero-order chi connectivity index (χ0) is 8.53. The molecule has 0 aliphatic rings. The number of unbranched alkanes of at least 4 members (excludes halogenated alkanes) is 1. The van der Waals surface area contributed by atoms with E-state index in [1.807, 2.05) is 6.92 Å². The molecule has 0 amide bonds. The highest BCUT2D eigenvalue weighted by Gasteiger charge is 2.13. The van der Waals surface area contributed by atoms with E-state index >= 15 is 0 Å². The van der Waals surface area contributed by atoms with Crippen LogP contribution in [0.25, 0.3) is 0 Å². The Hall–Kier alpha value is 0.0200. The maximum absolute atomic E-state index is 10.9. The van der Waals surface area contributed by atoms with Crippen molar-refractivity contribution in [3.8, 4) is 0 Å². The number of rotatable bonds is 7. The van der Waals surface area contributed by atoms with Crippen molar-refractivity contribution in [2.45, 2.75) is 26.7 Å². The molecule has 0 radical (unpaired) electrons. The minimum absolute atomic E-state index is 0.489. The second-order valence-electron chi connectivity index (χ2n) is 2.26. The van der Waals surface area contributed by atoms with Crippen molar-refractivity contribution in [1.82, 2.24) is 5.32 Å². The molecule has 0 rings (SSSR count). The summed E-state index contributed by atoms with van der Waals surface area (Å²) < 4.78 is 15.7. The first kappa shape index (κ1) is 11.0. The number of nitrogens with one attached hydrogen (secondary N) is 1. The lowest BCUT2D eigenvalue weighted by atomic mass is 10.3. The Balaban J connectivity index is 3.04. The molecule has 3 nitrogen and oxygen atoms in total. The molecule has 1 N–H and O–H groups in total. The Bertz CT molecular complexity index is 109. The molecule has 0 aromatic rings. The summed E-state index contributed by atoms with van der Waals surface area (Å²) in [6.07, 6.45) is 2.79. The van der Waals surface area contributed by atoms with Gasteiger partial charge in [-0.15, -0.1) is 4.52 Å². The van der Waals surface area contributed by atoms with Crippen LogP contribution in [0.1, 0.15) is 26.7 Å². The van der Waals surface area contributed by atoms with Crippen LogP contribution in [0.3, 0.4) is 0 Å². The average Bonchev–Trinajstić information content (AvgIpc) is 1.99. The lowest BCUT2D eigenvalue weighted by Crippen LogP contribution is -2.14. The van der Waals surface area contributed by atoms with E-state index in [-0.39, 0.29) is 0 Å². The van der Waals surface area contributed by atoms with Crippen LogP contribution in [0.4, 0.5) is 0 Å². The van der Waals surface area contributed by atoms with Crippen LogP contribution in [0.15, 0.2) is 0 Å². The normalized spacial score (nSPS) is 11.6. The smallest absolute Gasteiger partial charge is 0.274 e. The molecule has 0 aromatic carbocycles. The molecular weight excluding hydrogens is 161 g/mol. The first-order valence-corrected chi connectivity index (χ1v) is 5.45. The predicted octanol–water partition coefficient (Wildman–Crippen LogP) is 2.11. The summed E-state index contributed by atoms with van der Waals surface area (Å²) in [6.45, 7) is 5.44. The van der Waals surface area contributed by atoms with Gasteiger partial charge >= 0.3 is 8.03 Å². The summed E-state index contributed by atoms with van der Waals surface area (Å²) in [6, 6.07) is 0. The van der Waals surface area contributed by atoms with Gasteiger partial charge in [0.05, 0.1) is 6.61 Å². The van der Waals surface area contributed by atoms with Gasteiger partial charge in [-0.25, -0.2) is 0 Å². The van der Waals surface area contributed by atoms with Crippen LogP contribution >= 0.6 is 8.03 Å². The highest BCUT2D eigenvalue weighted by Crippen LogP contribution is 2.18. The van der Waals surface area contributed by atoms with E-state index in [9.17, 15) is 4.57 Å². The summed E-state index contributed by atoms with van der Waals surface area (Å²) in [5.41, 5.74) is 0. The largest absolute Gasteiger partial charge is 0.523 e. The SMILES string of the molecule is CCCCNC[P+](=O)OCC. The first-order chi connectivity index (χ1) is 5.31. The number of hydrogen-bond donors (Lipinski definition) is 1. The Labute approximate surface area is 69.4 Å². The summed E-state index contributed by atoms with van der Waals surface area (Å²) >= 11 is 0. The molecule has 0 fully saturated rings. The fourth-order valence-corrected chi connectivity index (χ4v) is 1.38. The van der Waals surface area contributed by atoms with Gasteiger partial charge in [-0.1, -0.05) is 13.3 Å². The third-order valence-electron chi connectivity index (χ3n) is 1.22. The van der Waals surface area contributed by atoms with Crippen molar-refractivity contribution < 1.29 is 9.09 Å². The van der Waals surface area contributed by atoms with Crippen molar-refractivity contribution in [3.05, 3.63) is 0 Å². The van der Waals surface area contributed by atoms with Crippen molar-refractivity contribution in [2.24, 2.45) is 0 Å². The van der Waals surface area contributed by atoms with Crippen LogP contribution in [0.2, 0.25) is 0 Å². The first-order valence-electron chi connectivity index (χ1n) is 4.09. The van der Waals surface area contributed by atoms with Crippen molar-refractivity contribution >= 4 is 8.03 Å². The van der Waals surface area contributed by atoms with E-state index in [2.05, 4.69) is 12.2 Å². The molecule has 4 heteroatoms. The Morgan fingerprint density at radius 2 is 2.18 bits per heavy atom. The van der Waals surface area contributed by atoms with Crippen LogP contribution in [0.5, 0.6) is 0 Å². The van der Waals surface area contributed by atoms with Crippen molar-refractivity contribution in [1.29, 1.82) is 0 Å². The quantitative estimate of drug-likeness (QED) is 0.479. The average molecular weight is 178 g/mol. The molecule has 0 spiro atoms. The molecule has 66 valence electrons. The molecule has 11 heavy (non-hydrogen) atoms. The van der Waals surface area contributed by atoms with Gasteiger partial charge in [0, 0.05) is 0 Å². The maximum atomic E-state index is 10.9. The summed E-state index contributed by atoms with van der Waals surface area (Å²) in [5.74, 6) is 0. The fraction of sp³-hybridized carbons (Fsp3) is 1.00. The molecule has 0 aliphatic heterocycles. The van der Waals surface area contributed by atoms with Gasteiger partial charge in [-0.2, -0.15) is 0 Å². The van der Waals surface area contributed by atoms with E-state index in [1.165, 1.54) is 6.42 Å². The van der Waals surface area contributed by atoms with E-state index in [0.29, 0.717) is 12.9 Å². The third-order valence-corrected chi connectivity index (χ3v) is 2.25. The summed E-state index contributed by atoms with van der Waals surface area (Å²) in [7, 11) is -1.46. The van der Waals surface area contributed by atoms with Gasteiger partial charge in [0.2, 0.25) is 6.29 Å². The minimum Gasteiger partial charge on any atom is -0.274 e. The minimum atomic E-state index is -1.46. The zero-order valence-electron chi connectivity index (χ0n) is 7.30. The third kappa shape index (κ3) is 7.92. The van der Waals surface area contributed by atoms with E-state index < -0.39 is 8.03 Å². The van der Waals surface area contributed by atoms with Crippen LogP contribution in [0, 0.1) is 0 Å². The van der Waals surface area contributed by atoms with Gasteiger partial charge in [0.15, 0.2) is 0 Å². The molecular formula is C7H17NO2P+. The predicted molar refractivity (Wildman–Crippen MR) is 47.0 cm³/mol. The second-order valence-corrected chi connectivity index (χ2v) is 3.50. The van der Waals surface area contributed by atoms with E-state index in [0.717, 1.165) is 13.0 Å². The Kier molecular flexibility index (Phi) is 8.13. The molecule has 0 heterocycles. The fourth-order valence-electron chi connectivity index (χ4n) is 0.662. The molecule has 1 unspecified atom stereocenters. The van der Waals surface area contributed by atoms with Gasteiger partial charge in [-0.05, 0) is 24.5 Å². The second kappa shape index (κ2) is 8.12. The molecule has 0 saturated carbocycles. The molecule has 0 aromatic heterocycles. The van der Waals surface area contributed by atoms with Gasteiger partial charge in [0.25, 0.3) is 0 Å². The topological polar surface area (TPSA) is 38.3 Å². The summed E-state index contributed by atoms with van der Waals surface area (Å²) in [5, 5.41) is 3.06. The van der Waals surface area contributed by atoms with E-state index in [4.69, 9.17) is 4.52 Å². The van der Waals surface area contributed by atoms with Gasteiger partial charge in [0.1, 0.15) is 0 Å². The zero-order valence-corrected chi connectivity index (χ0v) is 8.19. The van der Waals surface area contributed by atoms with Crippen LogP contribution in [-0.4, -0.2) is 19.4 Å². The number of hydrogen-bond acceptors (Lipinski definition) is 3. The monoisotopic (exact) mass is 178 g/mol. The Morgan fingerprint density at radius 1 is 1.45 bits per heavy atom. The highest BCUT2D eigenvalue weighted by atomic mass is 31.1. The van der Waals surface area contributed by atoms with Crippen molar-refractivity contribution in [2.75, 3.05) is 19.4 Å². The maximum Gasteiger partial charge on any atom is 0.523 e. The lowest BCUT2D eigenvalue weighted by Gasteiger charge is -1.93. The van der Waals surface area contributed by atoms with E-state index in [1.54, 1.807) is 0 Å². The van der Waals surface area contributed by atoms with Gasteiger partial charge < -0.3 is 0 Å². The molecule has 1 atom stereocenters. The molecule has 0 aliphatic carbocycles. The molecule has 0 saturated heterocycles. The standard InChI is InChI=1S/C7H17NO2P/c1-3-5-6-8-7-11(9)10-4-2/h8H,3-7H2,1-2H3/q+1. The molecule has 0 bridgehead atoms.